The maximum atomic E-state index is 13.7. The van der Waals surface area contributed by atoms with Crippen LogP contribution in [-0.4, -0.2) is 23.9 Å². The highest BCUT2D eigenvalue weighted by Crippen LogP contribution is 2.46. The van der Waals surface area contributed by atoms with Gasteiger partial charge in [-0.2, -0.15) is 9.98 Å². The Hall–Kier alpha value is -4.02. The van der Waals surface area contributed by atoms with Crippen LogP contribution in [0.4, 0.5) is 4.39 Å². The molecule has 39 heavy (non-hydrogen) atoms. The van der Waals surface area contributed by atoms with Crippen molar-refractivity contribution in [2.75, 3.05) is 0 Å². The lowest BCUT2D eigenvalue weighted by Crippen LogP contribution is -2.43. The molecule has 4 rings (SSSR count). The molecule has 200 valence electrons. The monoisotopic (exact) mass is 524 g/mol. The van der Waals surface area contributed by atoms with Crippen LogP contribution in [0.15, 0.2) is 70.6 Å². The highest BCUT2D eigenvalue weighted by Gasteiger charge is 2.43. The van der Waals surface area contributed by atoms with E-state index in [1.54, 1.807) is 24.3 Å². The molecule has 1 aliphatic rings. The SMILES string of the molecule is CC(N=C=O)c1ccc2c(c1)CCc1cc(C(C)N=C=O)ccc1C2(C[C@@H](C)N)C(=N)Cc1ccc(F)cc1. The maximum absolute atomic E-state index is 13.7. The van der Waals surface area contributed by atoms with Crippen molar-refractivity contribution < 1.29 is 14.0 Å². The van der Waals surface area contributed by atoms with E-state index in [2.05, 4.69) is 22.1 Å². The number of carbonyl (C=O) groups excluding carboxylic acids is 2. The summed E-state index contributed by atoms with van der Waals surface area (Å²) in [6.45, 7) is 5.65. The Kier molecular flexibility index (Phi) is 8.47. The number of isocyanates is 2. The standard InChI is InChI=1S/C32H33FN4O2/c1-20(34)17-32(31(35)14-23-4-10-28(33)11-5-23)29-12-8-24(21(2)36-18-38)15-26(29)6-7-27-16-25(9-13-30(27)32)22(3)37-19-39/h4-5,8-13,15-16,20-22,35H,6-7,14,17,34H2,1-3H3/t20-,21?,22?,32?/m1/s1. The summed E-state index contributed by atoms with van der Waals surface area (Å²) in [5.41, 5.74) is 12.9. The Balaban J connectivity index is 1.97. The summed E-state index contributed by atoms with van der Waals surface area (Å²) >= 11 is 0. The number of rotatable bonds is 9. The molecule has 0 amide bonds. The number of benzene rings is 3. The number of hydrogen-bond acceptors (Lipinski definition) is 6. The van der Waals surface area contributed by atoms with Crippen LogP contribution in [0.1, 0.15) is 78.2 Å². The number of fused-ring (bicyclic) bond motifs is 2. The first-order valence-corrected chi connectivity index (χ1v) is 13.2. The van der Waals surface area contributed by atoms with E-state index < -0.39 is 5.41 Å². The molecule has 3 aromatic rings. The second-order valence-electron chi connectivity index (χ2n) is 10.5. The van der Waals surface area contributed by atoms with Crippen LogP contribution in [0, 0.1) is 11.2 Å². The molecule has 6 nitrogen and oxygen atoms in total. The average molecular weight is 525 g/mol. The topological polar surface area (TPSA) is 109 Å². The minimum absolute atomic E-state index is 0.228. The fourth-order valence-corrected chi connectivity index (χ4v) is 5.82. The van der Waals surface area contributed by atoms with E-state index in [0.29, 0.717) is 31.4 Å². The van der Waals surface area contributed by atoms with Gasteiger partial charge in [0.15, 0.2) is 0 Å². The molecule has 0 aliphatic heterocycles. The van der Waals surface area contributed by atoms with Gasteiger partial charge >= 0.3 is 0 Å². The van der Waals surface area contributed by atoms with Gasteiger partial charge in [0.05, 0.1) is 17.5 Å². The van der Waals surface area contributed by atoms with Gasteiger partial charge < -0.3 is 11.1 Å². The van der Waals surface area contributed by atoms with Crippen molar-refractivity contribution in [3.8, 4) is 0 Å². The van der Waals surface area contributed by atoms with E-state index in [1.165, 1.54) is 12.1 Å². The summed E-state index contributed by atoms with van der Waals surface area (Å²) < 4.78 is 13.7. The molecule has 0 bridgehead atoms. The second-order valence-corrected chi connectivity index (χ2v) is 10.5. The van der Waals surface area contributed by atoms with Crippen molar-refractivity contribution in [2.24, 2.45) is 15.7 Å². The van der Waals surface area contributed by atoms with Gasteiger partial charge in [0.2, 0.25) is 12.2 Å². The normalized spacial score (nSPS) is 18.3. The van der Waals surface area contributed by atoms with Crippen LogP contribution in [0.2, 0.25) is 0 Å². The zero-order valence-electron chi connectivity index (χ0n) is 22.5. The molecule has 0 spiro atoms. The van der Waals surface area contributed by atoms with Crippen molar-refractivity contribution in [1.82, 2.24) is 0 Å². The zero-order valence-corrected chi connectivity index (χ0v) is 22.5. The molecule has 3 atom stereocenters. The van der Waals surface area contributed by atoms with Gasteiger partial charge in [-0.05, 0) is 91.1 Å². The van der Waals surface area contributed by atoms with Crippen molar-refractivity contribution in [3.05, 3.63) is 105 Å². The molecule has 0 heterocycles. The van der Waals surface area contributed by atoms with Crippen LogP contribution in [0.3, 0.4) is 0 Å². The Bertz CT molecular complexity index is 1390. The molecule has 7 heteroatoms. The van der Waals surface area contributed by atoms with Crippen LogP contribution in [-0.2, 0) is 34.3 Å². The second kappa shape index (κ2) is 11.8. The van der Waals surface area contributed by atoms with Crippen molar-refractivity contribution in [1.29, 1.82) is 5.41 Å². The molecule has 3 aromatic carbocycles. The highest BCUT2D eigenvalue weighted by atomic mass is 19.1. The summed E-state index contributed by atoms with van der Waals surface area (Å²) in [4.78, 5) is 29.7. The van der Waals surface area contributed by atoms with E-state index in [1.807, 2.05) is 45.0 Å². The van der Waals surface area contributed by atoms with Crippen LogP contribution < -0.4 is 5.73 Å². The number of aryl methyl sites for hydroxylation is 2. The largest absolute Gasteiger partial charge is 0.328 e. The Labute approximate surface area is 228 Å². The van der Waals surface area contributed by atoms with Crippen molar-refractivity contribution >= 4 is 17.9 Å². The molecule has 3 N–H and O–H groups in total. The predicted octanol–water partition coefficient (Wildman–Crippen LogP) is 6.00. The van der Waals surface area contributed by atoms with E-state index in [9.17, 15) is 19.4 Å². The predicted molar refractivity (Wildman–Crippen MR) is 150 cm³/mol. The maximum Gasteiger partial charge on any atom is 0.235 e. The fraction of sp³-hybridized carbons (Fsp3) is 0.344. The minimum atomic E-state index is -0.838. The quantitative estimate of drug-likeness (QED) is 0.264. The molecular formula is C32H33FN4O2. The first-order valence-electron chi connectivity index (χ1n) is 13.2. The van der Waals surface area contributed by atoms with Gasteiger partial charge in [-0.3, -0.25) is 0 Å². The third-order valence-corrected chi connectivity index (χ3v) is 7.74. The smallest absolute Gasteiger partial charge is 0.235 e. The Morgan fingerprint density at radius 1 is 0.897 bits per heavy atom. The average Bonchev–Trinajstić information content (AvgIpc) is 3.04. The lowest BCUT2D eigenvalue weighted by Gasteiger charge is -2.39. The molecule has 2 unspecified atom stereocenters. The third-order valence-electron chi connectivity index (χ3n) is 7.74. The number of halogens is 1. The van der Waals surface area contributed by atoms with E-state index in [-0.39, 0.29) is 23.9 Å². The first kappa shape index (κ1) is 28.0. The van der Waals surface area contributed by atoms with Crippen molar-refractivity contribution in [3.63, 3.8) is 0 Å². The van der Waals surface area contributed by atoms with E-state index in [0.717, 1.165) is 38.9 Å². The zero-order chi connectivity index (χ0) is 28.2. The van der Waals surface area contributed by atoms with Gasteiger partial charge in [0, 0.05) is 18.2 Å². The highest BCUT2D eigenvalue weighted by molar-refractivity contribution is 5.98. The third kappa shape index (κ3) is 5.71. The number of hydrogen-bond donors (Lipinski definition) is 2. The Morgan fingerprint density at radius 2 is 1.38 bits per heavy atom. The Morgan fingerprint density at radius 3 is 1.82 bits per heavy atom. The van der Waals surface area contributed by atoms with Gasteiger partial charge in [-0.1, -0.05) is 48.5 Å². The fourth-order valence-electron chi connectivity index (χ4n) is 5.82. The molecular weight excluding hydrogens is 491 g/mol. The van der Waals surface area contributed by atoms with E-state index in [4.69, 9.17) is 5.73 Å². The number of nitrogens with two attached hydrogens (primary N) is 1. The molecule has 0 fully saturated rings. The van der Waals surface area contributed by atoms with Crippen LogP contribution in [0.25, 0.3) is 0 Å². The lowest BCUT2D eigenvalue weighted by molar-refractivity contribution is 0.532. The van der Waals surface area contributed by atoms with Crippen LogP contribution >= 0.6 is 0 Å². The minimum Gasteiger partial charge on any atom is -0.328 e. The molecule has 1 aliphatic carbocycles. The summed E-state index contributed by atoms with van der Waals surface area (Å²) in [6.07, 6.45) is 5.56. The van der Waals surface area contributed by atoms with E-state index >= 15 is 0 Å². The first-order chi connectivity index (χ1) is 18.7. The summed E-state index contributed by atoms with van der Waals surface area (Å²) in [7, 11) is 0. The summed E-state index contributed by atoms with van der Waals surface area (Å²) in [5, 5.41) is 9.59. The van der Waals surface area contributed by atoms with Gasteiger partial charge in [0.1, 0.15) is 5.82 Å². The van der Waals surface area contributed by atoms with Gasteiger partial charge in [0.25, 0.3) is 0 Å². The number of aliphatic imine (C=N–C) groups is 2. The van der Waals surface area contributed by atoms with Gasteiger partial charge in [-0.25, -0.2) is 14.0 Å². The summed E-state index contributed by atoms with van der Waals surface area (Å²) in [5.74, 6) is -0.319. The number of nitrogens with one attached hydrogen (secondary N) is 1. The molecule has 0 radical (unpaired) electrons. The summed E-state index contributed by atoms with van der Waals surface area (Å²) in [6, 6.07) is 17.5. The molecule has 0 aromatic heterocycles. The van der Waals surface area contributed by atoms with Crippen molar-refractivity contribution in [2.45, 2.75) is 70.0 Å². The molecule has 0 saturated carbocycles. The molecule has 0 saturated heterocycles. The lowest BCUT2D eigenvalue weighted by atomic mass is 9.64. The van der Waals surface area contributed by atoms with Crippen LogP contribution in [0.5, 0.6) is 0 Å². The number of nitrogens with zero attached hydrogens (tertiary/aromatic N) is 2. The van der Waals surface area contributed by atoms with Gasteiger partial charge in [-0.15, -0.1) is 0 Å².